The third-order valence-corrected chi connectivity index (χ3v) is 3.40. The van der Waals surface area contributed by atoms with Crippen LogP contribution in [0.4, 0.5) is 0 Å². The van der Waals surface area contributed by atoms with Crippen molar-refractivity contribution in [2.24, 2.45) is 5.73 Å². The lowest BCUT2D eigenvalue weighted by atomic mass is 9.99. The molecule has 1 unspecified atom stereocenters. The van der Waals surface area contributed by atoms with Crippen LogP contribution in [0.5, 0.6) is 0 Å². The number of esters is 1. The third kappa shape index (κ3) is 3.71. The number of halogens is 1. The largest absolute Gasteiger partial charge is 0.468 e. The van der Waals surface area contributed by atoms with E-state index >= 15 is 0 Å². The van der Waals surface area contributed by atoms with Crippen LogP contribution in [0.1, 0.15) is 24.3 Å². The Hall–Kier alpha value is -1.59. The Kier molecular flexibility index (Phi) is 5.53. The van der Waals surface area contributed by atoms with Crippen molar-refractivity contribution in [3.05, 3.63) is 35.9 Å². The van der Waals surface area contributed by atoms with E-state index in [1.54, 1.807) is 0 Å². The fraction of sp³-hybridized carbons (Fsp3) is 0.429. The summed E-state index contributed by atoms with van der Waals surface area (Å²) in [7, 11) is 1.34. The number of carbonyl (C=O) groups is 2. The highest BCUT2D eigenvalue weighted by atomic mass is 35.5. The highest BCUT2D eigenvalue weighted by Gasteiger charge is 2.46. The van der Waals surface area contributed by atoms with Crippen LogP contribution in [0.25, 0.3) is 0 Å². The Balaban J connectivity index is 0.00000200. The summed E-state index contributed by atoms with van der Waals surface area (Å²) in [6.45, 7) is 0.203. The Labute approximate surface area is 124 Å². The van der Waals surface area contributed by atoms with E-state index in [1.807, 2.05) is 30.3 Å². The predicted octanol–water partition coefficient (Wildman–Crippen LogP) is 0.973. The van der Waals surface area contributed by atoms with Gasteiger partial charge in [0.05, 0.1) is 18.6 Å². The number of nitrogens with two attached hydrogens (primary N) is 1. The van der Waals surface area contributed by atoms with E-state index in [9.17, 15) is 9.59 Å². The van der Waals surface area contributed by atoms with E-state index in [0.717, 1.165) is 5.56 Å². The smallest absolute Gasteiger partial charge is 0.314 e. The molecule has 0 aliphatic heterocycles. The van der Waals surface area contributed by atoms with Crippen LogP contribution in [0.2, 0.25) is 0 Å². The molecular formula is C14H19ClN2O3. The van der Waals surface area contributed by atoms with Crippen molar-refractivity contribution in [3.8, 4) is 0 Å². The lowest BCUT2D eigenvalue weighted by Crippen LogP contribution is -2.44. The van der Waals surface area contributed by atoms with Crippen LogP contribution in [0.15, 0.2) is 30.3 Å². The van der Waals surface area contributed by atoms with Gasteiger partial charge in [-0.15, -0.1) is 12.4 Å². The van der Waals surface area contributed by atoms with Gasteiger partial charge in [-0.1, -0.05) is 30.3 Å². The van der Waals surface area contributed by atoms with Gasteiger partial charge in [0.1, 0.15) is 0 Å². The Morgan fingerprint density at radius 1 is 1.35 bits per heavy atom. The van der Waals surface area contributed by atoms with Gasteiger partial charge in [0.15, 0.2) is 0 Å². The summed E-state index contributed by atoms with van der Waals surface area (Å²) >= 11 is 0. The third-order valence-electron chi connectivity index (χ3n) is 3.40. The summed E-state index contributed by atoms with van der Waals surface area (Å²) in [5, 5.41) is 2.73. The average molecular weight is 299 g/mol. The second kappa shape index (κ2) is 6.72. The van der Waals surface area contributed by atoms with Gasteiger partial charge in [-0.3, -0.25) is 9.59 Å². The number of hydrogen-bond donors (Lipinski definition) is 2. The van der Waals surface area contributed by atoms with E-state index in [4.69, 9.17) is 10.5 Å². The van der Waals surface area contributed by atoms with Crippen molar-refractivity contribution in [1.82, 2.24) is 5.32 Å². The molecule has 0 spiro atoms. The van der Waals surface area contributed by atoms with Gasteiger partial charge in [-0.25, -0.2) is 0 Å². The maximum atomic E-state index is 11.8. The summed E-state index contributed by atoms with van der Waals surface area (Å²) in [6.07, 6.45) is 1.40. The first-order valence-corrected chi connectivity index (χ1v) is 6.27. The zero-order valence-electron chi connectivity index (χ0n) is 11.3. The minimum Gasteiger partial charge on any atom is -0.468 e. The highest BCUT2D eigenvalue weighted by molar-refractivity contribution is 5.89. The van der Waals surface area contributed by atoms with Crippen molar-refractivity contribution in [3.63, 3.8) is 0 Å². The van der Waals surface area contributed by atoms with Crippen molar-refractivity contribution in [2.75, 3.05) is 13.7 Å². The fourth-order valence-corrected chi connectivity index (χ4v) is 1.90. The SMILES string of the molecule is COC(=O)C(CNC(=O)C1(N)CC1)c1ccccc1.Cl. The molecule has 1 aromatic carbocycles. The standard InChI is InChI=1S/C14H18N2O3.ClH/c1-19-12(17)11(10-5-3-2-4-6-10)9-16-13(18)14(15)7-8-14;/h2-6,11H,7-9,15H2,1H3,(H,16,18);1H. The lowest BCUT2D eigenvalue weighted by molar-refractivity contribution is -0.142. The summed E-state index contributed by atoms with van der Waals surface area (Å²) < 4.78 is 4.78. The summed E-state index contributed by atoms with van der Waals surface area (Å²) in [6, 6.07) is 9.23. The summed E-state index contributed by atoms with van der Waals surface area (Å²) in [5.41, 5.74) is 5.89. The zero-order valence-corrected chi connectivity index (χ0v) is 12.1. The first-order chi connectivity index (χ1) is 9.07. The maximum Gasteiger partial charge on any atom is 0.314 e. The van der Waals surface area contributed by atoms with Crippen LogP contribution < -0.4 is 11.1 Å². The van der Waals surface area contributed by atoms with E-state index < -0.39 is 11.5 Å². The Bertz CT molecular complexity index is 475. The van der Waals surface area contributed by atoms with Crippen molar-refractivity contribution >= 4 is 24.3 Å². The summed E-state index contributed by atoms with van der Waals surface area (Å²) in [4.78, 5) is 23.6. The summed E-state index contributed by atoms with van der Waals surface area (Å²) in [5.74, 6) is -1.07. The topological polar surface area (TPSA) is 81.4 Å². The molecular weight excluding hydrogens is 280 g/mol. The van der Waals surface area contributed by atoms with Gasteiger partial charge >= 0.3 is 5.97 Å². The van der Waals surface area contributed by atoms with E-state index in [1.165, 1.54) is 7.11 Å². The number of benzene rings is 1. The van der Waals surface area contributed by atoms with Gasteiger partial charge in [0, 0.05) is 6.54 Å². The fourth-order valence-electron chi connectivity index (χ4n) is 1.90. The molecule has 0 aromatic heterocycles. The molecule has 1 fully saturated rings. The predicted molar refractivity (Wildman–Crippen MR) is 77.6 cm³/mol. The second-order valence-electron chi connectivity index (χ2n) is 4.85. The Morgan fingerprint density at radius 2 is 1.95 bits per heavy atom. The number of methoxy groups -OCH3 is 1. The van der Waals surface area contributed by atoms with Crippen molar-refractivity contribution < 1.29 is 14.3 Å². The molecule has 1 amide bonds. The van der Waals surface area contributed by atoms with E-state index in [2.05, 4.69) is 5.32 Å². The first kappa shape index (κ1) is 16.5. The van der Waals surface area contributed by atoms with Gasteiger partial charge in [-0.05, 0) is 18.4 Å². The number of ether oxygens (including phenoxy) is 1. The van der Waals surface area contributed by atoms with Crippen LogP contribution in [-0.4, -0.2) is 31.1 Å². The molecule has 0 radical (unpaired) electrons. The quantitative estimate of drug-likeness (QED) is 0.794. The molecule has 1 saturated carbocycles. The number of hydrogen-bond acceptors (Lipinski definition) is 4. The molecule has 0 saturated heterocycles. The molecule has 3 N–H and O–H groups in total. The molecule has 20 heavy (non-hydrogen) atoms. The molecule has 6 heteroatoms. The van der Waals surface area contributed by atoms with Crippen molar-refractivity contribution in [2.45, 2.75) is 24.3 Å². The molecule has 1 aliphatic carbocycles. The molecule has 5 nitrogen and oxygen atoms in total. The molecule has 110 valence electrons. The molecule has 0 bridgehead atoms. The maximum absolute atomic E-state index is 11.8. The van der Waals surface area contributed by atoms with Gasteiger partial charge in [0.2, 0.25) is 5.91 Å². The zero-order chi connectivity index (χ0) is 13.9. The van der Waals surface area contributed by atoms with Crippen LogP contribution >= 0.6 is 12.4 Å². The minimum absolute atomic E-state index is 0. The van der Waals surface area contributed by atoms with Gasteiger partial charge < -0.3 is 15.8 Å². The molecule has 2 rings (SSSR count). The average Bonchev–Trinajstić information content (AvgIpc) is 3.19. The van der Waals surface area contributed by atoms with Crippen LogP contribution in [0.3, 0.4) is 0 Å². The lowest BCUT2D eigenvalue weighted by Gasteiger charge is -2.17. The number of amides is 1. The van der Waals surface area contributed by atoms with E-state index in [0.29, 0.717) is 12.8 Å². The molecule has 1 aromatic rings. The molecule has 1 atom stereocenters. The minimum atomic E-state index is -0.725. The monoisotopic (exact) mass is 298 g/mol. The van der Waals surface area contributed by atoms with Crippen molar-refractivity contribution in [1.29, 1.82) is 0 Å². The van der Waals surface area contributed by atoms with Gasteiger partial charge in [0.25, 0.3) is 0 Å². The van der Waals surface area contributed by atoms with Crippen LogP contribution in [0, 0.1) is 0 Å². The van der Waals surface area contributed by atoms with Crippen LogP contribution in [-0.2, 0) is 14.3 Å². The van der Waals surface area contributed by atoms with Gasteiger partial charge in [-0.2, -0.15) is 0 Å². The first-order valence-electron chi connectivity index (χ1n) is 6.27. The normalized spacial score (nSPS) is 16.5. The molecule has 0 heterocycles. The highest BCUT2D eigenvalue weighted by Crippen LogP contribution is 2.32. The number of carbonyl (C=O) groups excluding carboxylic acids is 2. The number of nitrogens with one attached hydrogen (secondary N) is 1. The number of rotatable bonds is 5. The Morgan fingerprint density at radius 3 is 2.45 bits per heavy atom. The molecule has 1 aliphatic rings. The van der Waals surface area contributed by atoms with E-state index in [-0.39, 0.29) is 30.8 Å². The second-order valence-corrected chi connectivity index (χ2v) is 4.85.